The molecule has 0 amide bonds. The van der Waals surface area contributed by atoms with Crippen molar-refractivity contribution in [1.29, 1.82) is 0 Å². The zero-order valence-electron chi connectivity index (χ0n) is 7.38. The van der Waals surface area contributed by atoms with Gasteiger partial charge in [0.1, 0.15) is 5.76 Å². The van der Waals surface area contributed by atoms with Gasteiger partial charge in [-0.3, -0.25) is 10.1 Å². The Balaban J connectivity index is 2.66. The van der Waals surface area contributed by atoms with Crippen LogP contribution in [0.15, 0.2) is 35.1 Å². The first kappa shape index (κ1) is 10.1. The molecule has 0 aliphatic heterocycles. The SMILES string of the molecule is O=[N+]([O-])c1c(-c2ccco2)ccnc1I. The number of halogens is 1. The van der Waals surface area contributed by atoms with Gasteiger partial charge >= 0.3 is 5.69 Å². The molecule has 15 heavy (non-hydrogen) atoms. The van der Waals surface area contributed by atoms with Crippen molar-refractivity contribution < 1.29 is 9.34 Å². The highest BCUT2D eigenvalue weighted by Crippen LogP contribution is 2.32. The quantitative estimate of drug-likeness (QED) is 0.370. The number of hydrogen-bond acceptors (Lipinski definition) is 4. The number of pyridine rings is 1. The van der Waals surface area contributed by atoms with Gasteiger partial charge in [0.15, 0.2) is 3.70 Å². The zero-order valence-corrected chi connectivity index (χ0v) is 9.54. The average Bonchev–Trinajstić information content (AvgIpc) is 2.69. The summed E-state index contributed by atoms with van der Waals surface area (Å²) in [5.41, 5.74) is 0.428. The molecule has 2 rings (SSSR count). The average molecular weight is 316 g/mol. The molecular weight excluding hydrogens is 311 g/mol. The Kier molecular flexibility index (Phi) is 2.67. The second kappa shape index (κ2) is 3.97. The highest BCUT2D eigenvalue weighted by atomic mass is 127. The summed E-state index contributed by atoms with van der Waals surface area (Å²) in [5.74, 6) is 0.474. The molecule has 6 heteroatoms. The van der Waals surface area contributed by atoms with E-state index in [9.17, 15) is 10.1 Å². The fraction of sp³-hybridized carbons (Fsp3) is 0. The van der Waals surface area contributed by atoms with Crippen LogP contribution < -0.4 is 0 Å². The summed E-state index contributed by atoms with van der Waals surface area (Å²) < 4.78 is 5.48. The molecular formula is C9H5IN2O3. The lowest BCUT2D eigenvalue weighted by molar-refractivity contribution is -0.385. The van der Waals surface area contributed by atoms with Gasteiger partial charge in [-0.05, 0) is 40.8 Å². The molecule has 0 aliphatic carbocycles. The molecule has 0 N–H and O–H groups in total. The predicted molar refractivity (Wildman–Crippen MR) is 61.3 cm³/mol. The van der Waals surface area contributed by atoms with Crippen molar-refractivity contribution in [2.75, 3.05) is 0 Å². The van der Waals surface area contributed by atoms with Crippen LogP contribution in [0.5, 0.6) is 0 Å². The van der Waals surface area contributed by atoms with E-state index in [4.69, 9.17) is 4.42 Å². The molecule has 76 valence electrons. The summed E-state index contributed by atoms with van der Waals surface area (Å²) in [5, 5.41) is 10.9. The van der Waals surface area contributed by atoms with Crippen molar-refractivity contribution in [1.82, 2.24) is 4.98 Å². The number of hydrogen-bond donors (Lipinski definition) is 0. The van der Waals surface area contributed by atoms with E-state index in [1.54, 1.807) is 18.2 Å². The molecule has 0 atom stereocenters. The van der Waals surface area contributed by atoms with Crippen LogP contribution >= 0.6 is 22.6 Å². The Morgan fingerprint density at radius 1 is 1.47 bits per heavy atom. The lowest BCUT2D eigenvalue weighted by Gasteiger charge is -2.00. The van der Waals surface area contributed by atoms with E-state index < -0.39 is 4.92 Å². The molecule has 0 saturated carbocycles. The third-order valence-corrected chi connectivity index (χ3v) is 2.64. The van der Waals surface area contributed by atoms with Gasteiger partial charge in [0.25, 0.3) is 0 Å². The highest BCUT2D eigenvalue weighted by Gasteiger charge is 2.21. The molecule has 0 radical (unpaired) electrons. The van der Waals surface area contributed by atoms with Crippen molar-refractivity contribution >= 4 is 28.3 Å². The zero-order chi connectivity index (χ0) is 10.8. The second-order valence-electron chi connectivity index (χ2n) is 2.73. The van der Waals surface area contributed by atoms with E-state index >= 15 is 0 Å². The Morgan fingerprint density at radius 2 is 2.27 bits per heavy atom. The van der Waals surface area contributed by atoms with E-state index in [-0.39, 0.29) is 5.69 Å². The second-order valence-corrected chi connectivity index (χ2v) is 3.75. The number of nitro groups is 1. The van der Waals surface area contributed by atoms with Crippen LogP contribution in [-0.2, 0) is 0 Å². The summed E-state index contributed by atoms with van der Waals surface area (Å²) in [6.07, 6.45) is 3.00. The van der Waals surface area contributed by atoms with Crippen LogP contribution in [0.4, 0.5) is 5.69 Å². The van der Waals surface area contributed by atoms with Crippen molar-refractivity contribution in [2.45, 2.75) is 0 Å². The fourth-order valence-electron chi connectivity index (χ4n) is 1.23. The summed E-state index contributed by atoms with van der Waals surface area (Å²) in [7, 11) is 0. The molecule has 5 nitrogen and oxygen atoms in total. The Labute approximate surface area is 98.4 Å². The van der Waals surface area contributed by atoms with Crippen LogP contribution in [0.2, 0.25) is 0 Å². The molecule has 0 aromatic carbocycles. The molecule has 0 unspecified atom stereocenters. The highest BCUT2D eigenvalue weighted by molar-refractivity contribution is 14.1. The van der Waals surface area contributed by atoms with Crippen LogP contribution in [-0.4, -0.2) is 9.91 Å². The van der Waals surface area contributed by atoms with Gasteiger partial charge in [0, 0.05) is 6.20 Å². The van der Waals surface area contributed by atoms with E-state index in [1.165, 1.54) is 12.5 Å². The number of nitrogens with zero attached hydrogens (tertiary/aromatic N) is 2. The van der Waals surface area contributed by atoms with E-state index in [2.05, 4.69) is 4.98 Å². The summed E-state index contributed by atoms with van der Waals surface area (Å²) >= 11 is 1.83. The first-order valence-corrected chi connectivity index (χ1v) is 5.11. The van der Waals surface area contributed by atoms with Gasteiger partial charge in [0.2, 0.25) is 0 Å². The van der Waals surface area contributed by atoms with Gasteiger partial charge < -0.3 is 4.42 Å². The minimum atomic E-state index is -0.452. The maximum absolute atomic E-state index is 10.9. The van der Waals surface area contributed by atoms with E-state index in [0.29, 0.717) is 15.0 Å². The Hall–Kier alpha value is -1.44. The van der Waals surface area contributed by atoms with Gasteiger partial charge in [-0.15, -0.1) is 0 Å². The molecule has 0 fully saturated rings. The molecule has 0 spiro atoms. The summed E-state index contributed by atoms with van der Waals surface area (Å²) in [4.78, 5) is 14.3. The Morgan fingerprint density at radius 3 is 2.87 bits per heavy atom. The summed E-state index contributed by atoms with van der Waals surface area (Å²) in [6, 6.07) is 4.93. The predicted octanol–water partition coefficient (Wildman–Crippen LogP) is 2.85. The largest absolute Gasteiger partial charge is 0.464 e. The van der Waals surface area contributed by atoms with E-state index in [1.807, 2.05) is 22.6 Å². The van der Waals surface area contributed by atoms with Crippen molar-refractivity contribution in [3.05, 3.63) is 44.5 Å². The van der Waals surface area contributed by atoms with Gasteiger partial charge in [-0.1, -0.05) is 0 Å². The molecule has 0 aliphatic rings. The van der Waals surface area contributed by atoms with Crippen LogP contribution in [0.1, 0.15) is 0 Å². The first-order valence-electron chi connectivity index (χ1n) is 4.03. The maximum atomic E-state index is 10.9. The lowest BCUT2D eigenvalue weighted by Crippen LogP contribution is -1.96. The molecule has 2 aromatic rings. The van der Waals surface area contributed by atoms with Crippen molar-refractivity contribution in [2.24, 2.45) is 0 Å². The summed E-state index contributed by atoms with van der Waals surface area (Å²) in [6.45, 7) is 0. The number of rotatable bonds is 2. The smallest absolute Gasteiger partial charge is 0.311 e. The van der Waals surface area contributed by atoms with Gasteiger partial charge in [0.05, 0.1) is 16.7 Å². The first-order chi connectivity index (χ1) is 7.20. The minimum absolute atomic E-state index is 0.0203. The van der Waals surface area contributed by atoms with Crippen LogP contribution in [0.25, 0.3) is 11.3 Å². The third-order valence-electron chi connectivity index (χ3n) is 1.85. The van der Waals surface area contributed by atoms with E-state index in [0.717, 1.165) is 0 Å². The monoisotopic (exact) mass is 316 g/mol. The lowest BCUT2D eigenvalue weighted by atomic mass is 10.2. The number of furan rings is 1. The standard InChI is InChI=1S/C9H5IN2O3/c10-9-8(12(13)14)6(3-4-11-9)7-2-1-5-15-7/h1-5H. The van der Waals surface area contributed by atoms with Crippen LogP contribution in [0, 0.1) is 13.8 Å². The fourth-order valence-corrected chi connectivity index (χ4v) is 1.88. The van der Waals surface area contributed by atoms with Crippen molar-refractivity contribution in [3.63, 3.8) is 0 Å². The molecule has 0 saturated heterocycles. The van der Waals surface area contributed by atoms with Gasteiger partial charge in [-0.25, -0.2) is 4.98 Å². The van der Waals surface area contributed by atoms with Crippen LogP contribution in [0.3, 0.4) is 0 Å². The minimum Gasteiger partial charge on any atom is -0.464 e. The molecule has 0 bridgehead atoms. The third kappa shape index (κ3) is 1.84. The van der Waals surface area contributed by atoms with Crippen molar-refractivity contribution in [3.8, 4) is 11.3 Å². The van der Waals surface area contributed by atoms with Gasteiger partial charge in [-0.2, -0.15) is 0 Å². The number of aromatic nitrogens is 1. The molecule has 2 heterocycles. The molecule has 2 aromatic heterocycles. The topological polar surface area (TPSA) is 69.2 Å². The maximum Gasteiger partial charge on any atom is 0.311 e. The Bertz CT molecular complexity index is 496. The normalized spacial score (nSPS) is 10.2.